The lowest BCUT2D eigenvalue weighted by molar-refractivity contribution is 0.0172. The molecule has 1 amide bonds. The van der Waals surface area contributed by atoms with Crippen molar-refractivity contribution in [3.05, 3.63) is 89.2 Å². The summed E-state index contributed by atoms with van der Waals surface area (Å²) in [7, 11) is 1.34. The van der Waals surface area contributed by atoms with Crippen molar-refractivity contribution < 1.29 is 28.9 Å². The summed E-state index contributed by atoms with van der Waals surface area (Å²) in [5.74, 6) is -0.492. The Balaban J connectivity index is 1.35. The predicted octanol–water partition coefficient (Wildman–Crippen LogP) is 3.77. The summed E-state index contributed by atoms with van der Waals surface area (Å²) >= 11 is 0. The van der Waals surface area contributed by atoms with Gasteiger partial charge in [-0.25, -0.2) is 9.18 Å². The van der Waals surface area contributed by atoms with E-state index in [1.807, 2.05) is 36.4 Å². The lowest BCUT2D eigenvalue weighted by Gasteiger charge is -2.21. The van der Waals surface area contributed by atoms with Crippen LogP contribution in [-0.4, -0.2) is 42.7 Å². The number of benzene rings is 3. The predicted molar refractivity (Wildman–Crippen MR) is 117 cm³/mol. The van der Waals surface area contributed by atoms with Crippen LogP contribution in [0, 0.1) is 5.82 Å². The molecule has 0 bridgehead atoms. The molecule has 0 spiro atoms. The second-order valence-corrected chi connectivity index (χ2v) is 7.60. The molecule has 2 atom stereocenters. The van der Waals surface area contributed by atoms with E-state index < -0.39 is 24.1 Å². The SMILES string of the molecule is COc1cc(F)ccc1C(O)C(O)CNC(=O)OCC1c2ccccc2-c2ccccc21. The van der Waals surface area contributed by atoms with Gasteiger partial charge in [-0.2, -0.15) is 0 Å². The normalized spacial score (nSPS) is 14.2. The highest BCUT2D eigenvalue weighted by Gasteiger charge is 2.29. The third kappa shape index (κ3) is 4.30. The maximum atomic E-state index is 13.4. The van der Waals surface area contributed by atoms with E-state index in [-0.39, 0.29) is 30.4 Å². The quantitative estimate of drug-likeness (QED) is 0.524. The van der Waals surface area contributed by atoms with Gasteiger partial charge in [-0.3, -0.25) is 0 Å². The smallest absolute Gasteiger partial charge is 0.407 e. The lowest BCUT2D eigenvalue weighted by Crippen LogP contribution is -2.36. The Morgan fingerprint density at radius 1 is 1.03 bits per heavy atom. The standard InChI is InChI=1S/C25H24FNO5/c1-31-23-12-15(26)10-11-20(23)24(29)22(28)13-27-25(30)32-14-21-18-8-4-2-6-16(18)17-7-3-5-9-19(17)21/h2-12,21-22,24,28-29H,13-14H2,1H3,(H,27,30). The van der Waals surface area contributed by atoms with Crippen LogP contribution in [0.5, 0.6) is 5.75 Å². The van der Waals surface area contributed by atoms with E-state index in [1.54, 1.807) is 0 Å². The van der Waals surface area contributed by atoms with Crippen molar-refractivity contribution >= 4 is 6.09 Å². The van der Waals surface area contributed by atoms with E-state index in [0.717, 1.165) is 34.4 Å². The Hall–Kier alpha value is -3.42. The van der Waals surface area contributed by atoms with Crippen molar-refractivity contribution in [2.75, 3.05) is 20.3 Å². The fourth-order valence-corrected chi connectivity index (χ4v) is 4.09. The zero-order valence-corrected chi connectivity index (χ0v) is 17.5. The number of aliphatic hydroxyl groups is 2. The minimum Gasteiger partial charge on any atom is -0.496 e. The first-order valence-corrected chi connectivity index (χ1v) is 10.3. The van der Waals surface area contributed by atoms with Gasteiger partial charge >= 0.3 is 6.09 Å². The summed E-state index contributed by atoms with van der Waals surface area (Å²) in [4.78, 5) is 12.3. The molecule has 0 fully saturated rings. The van der Waals surface area contributed by atoms with E-state index in [1.165, 1.54) is 13.2 Å². The van der Waals surface area contributed by atoms with Crippen LogP contribution >= 0.6 is 0 Å². The zero-order chi connectivity index (χ0) is 22.7. The topological polar surface area (TPSA) is 88.0 Å². The number of methoxy groups -OCH3 is 1. The number of rotatable bonds is 7. The fraction of sp³-hybridized carbons (Fsp3) is 0.240. The summed E-state index contributed by atoms with van der Waals surface area (Å²) in [6.45, 7) is -0.108. The molecule has 0 heterocycles. The molecule has 0 radical (unpaired) electrons. The number of carbonyl (C=O) groups excluding carboxylic acids is 1. The molecule has 6 nitrogen and oxygen atoms in total. The Bertz CT molecular complexity index is 1070. The van der Waals surface area contributed by atoms with Gasteiger partial charge in [0.15, 0.2) is 0 Å². The maximum absolute atomic E-state index is 13.4. The summed E-state index contributed by atoms with van der Waals surface area (Å²) in [6, 6.07) is 19.6. The van der Waals surface area contributed by atoms with Crippen LogP contribution in [0.1, 0.15) is 28.7 Å². The highest BCUT2D eigenvalue weighted by atomic mass is 19.1. The number of ether oxygens (including phenoxy) is 2. The molecule has 0 saturated carbocycles. The average molecular weight is 437 g/mol. The Labute approximate surface area is 185 Å². The minimum absolute atomic E-state index is 0.0767. The third-order valence-electron chi connectivity index (χ3n) is 5.68. The number of aliphatic hydroxyl groups excluding tert-OH is 2. The third-order valence-corrected chi connectivity index (χ3v) is 5.68. The molecule has 2 unspecified atom stereocenters. The molecule has 0 aliphatic heterocycles. The van der Waals surface area contributed by atoms with Crippen LogP contribution in [0.4, 0.5) is 9.18 Å². The van der Waals surface area contributed by atoms with Crippen LogP contribution in [0.25, 0.3) is 11.1 Å². The van der Waals surface area contributed by atoms with Gasteiger partial charge in [-0.05, 0) is 34.4 Å². The Kier molecular flexibility index (Phi) is 6.39. The maximum Gasteiger partial charge on any atom is 0.407 e. The monoisotopic (exact) mass is 437 g/mol. The van der Waals surface area contributed by atoms with Gasteiger partial charge in [-0.1, -0.05) is 48.5 Å². The van der Waals surface area contributed by atoms with E-state index >= 15 is 0 Å². The van der Waals surface area contributed by atoms with E-state index in [2.05, 4.69) is 17.4 Å². The summed E-state index contributed by atoms with van der Waals surface area (Å²) in [5, 5.41) is 23.1. The average Bonchev–Trinajstić information content (AvgIpc) is 3.14. The first-order valence-electron chi connectivity index (χ1n) is 10.3. The number of amides is 1. The highest BCUT2D eigenvalue weighted by molar-refractivity contribution is 5.79. The van der Waals surface area contributed by atoms with Gasteiger partial charge in [0.1, 0.15) is 30.4 Å². The largest absolute Gasteiger partial charge is 0.496 e. The minimum atomic E-state index is -1.38. The van der Waals surface area contributed by atoms with Crippen molar-refractivity contribution in [3.8, 4) is 16.9 Å². The molecule has 32 heavy (non-hydrogen) atoms. The van der Waals surface area contributed by atoms with Gasteiger partial charge in [0, 0.05) is 24.1 Å². The van der Waals surface area contributed by atoms with Crippen LogP contribution < -0.4 is 10.1 Å². The first-order chi connectivity index (χ1) is 15.5. The number of carbonyl (C=O) groups is 1. The van der Waals surface area contributed by atoms with Gasteiger partial charge in [0.25, 0.3) is 0 Å². The number of alkyl carbamates (subject to hydrolysis) is 1. The van der Waals surface area contributed by atoms with E-state index in [4.69, 9.17) is 9.47 Å². The molecule has 3 N–H and O–H groups in total. The van der Waals surface area contributed by atoms with Crippen molar-refractivity contribution in [2.24, 2.45) is 0 Å². The number of hydrogen-bond acceptors (Lipinski definition) is 5. The molecular weight excluding hydrogens is 413 g/mol. The van der Waals surface area contributed by atoms with Crippen LogP contribution in [-0.2, 0) is 4.74 Å². The molecule has 1 aliphatic rings. The van der Waals surface area contributed by atoms with Crippen molar-refractivity contribution in [1.29, 1.82) is 0 Å². The van der Waals surface area contributed by atoms with Crippen molar-refractivity contribution in [2.45, 2.75) is 18.1 Å². The fourth-order valence-electron chi connectivity index (χ4n) is 4.09. The molecule has 7 heteroatoms. The highest BCUT2D eigenvalue weighted by Crippen LogP contribution is 2.44. The van der Waals surface area contributed by atoms with Crippen molar-refractivity contribution in [1.82, 2.24) is 5.32 Å². The zero-order valence-electron chi connectivity index (χ0n) is 17.5. The molecule has 1 aliphatic carbocycles. The van der Waals surface area contributed by atoms with Gasteiger partial charge < -0.3 is 25.0 Å². The number of nitrogens with one attached hydrogen (secondary N) is 1. The molecule has 0 saturated heterocycles. The van der Waals surface area contributed by atoms with Crippen LogP contribution in [0.15, 0.2) is 66.7 Å². The Morgan fingerprint density at radius 3 is 2.28 bits per heavy atom. The summed E-state index contributed by atoms with van der Waals surface area (Å²) in [6.07, 6.45) is -3.42. The number of fused-ring (bicyclic) bond motifs is 3. The summed E-state index contributed by atoms with van der Waals surface area (Å²) < 4.78 is 23.8. The van der Waals surface area contributed by atoms with Gasteiger partial charge in [0.05, 0.1) is 7.11 Å². The van der Waals surface area contributed by atoms with Crippen molar-refractivity contribution in [3.63, 3.8) is 0 Å². The van der Waals surface area contributed by atoms with Crippen LogP contribution in [0.2, 0.25) is 0 Å². The first kappa shape index (κ1) is 21.8. The van der Waals surface area contributed by atoms with Gasteiger partial charge in [0.2, 0.25) is 0 Å². The lowest BCUT2D eigenvalue weighted by atomic mass is 9.98. The molecular formula is C25H24FNO5. The molecule has 166 valence electrons. The second kappa shape index (κ2) is 9.38. The molecule has 4 rings (SSSR count). The number of halogens is 1. The van der Waals surface area contributed by atoms with Gasteiger partial charge in [-0.15, -0.1) is 0 Å². The molecule has 0 aromatic heterocycles. The van der Waals surface area contributed by atoms with E-state index in [9.17, 15) is 19.4 Å². The van der Waals surface area contributed by atoms with Crippen LogP contribution in [0.3, 0.4) is 0 Å². The number of hydrogen-bond donors (Lipinski definition) is 3. The molecule has 3 aromatic carbocycles. The molecule has 3 aromatic rings. The second-order valence-electron chi connectivity index (χ2n) is 7.60. The van der Waals surface area contributed by atoms with E-state index in [0.29, 0.717) is 0 Å². The Morgan fingerprint density at radius 2 is 1.66 bits per heavy atom. The summed E-state index contributed by atoms with van der Waals surface area (Å²) in [5.41, 5.74) is 4.67.